The van der Waals surface area contributed by atoms with E-state index >= 15 is 0 Å². The predicted molar refractivity (Wildman–Crippen MR) is 111 cm³/mol. The molecular formula is C22H31NO4. The van der Waals surface area contributed by atoms with Gasteiger partial charge in [-0.2, -0.15) is 0 Å². The molecule has 0 aliphatic rings. The fraction of sp³-hybridized carbons (Fsp3) is 0.409. The Morgan fingerprint density at radius 2 is 1.00 bits per heavy atom. The lowest BCUT2D eigenvalue weighted by atomic mass is 10.2. The lowest BCUT2D eigenvalue weighted by Gasteiger charge is -1.87. The van der Waals surface area contributed by atoms with Crippen LogP contribution in [0.2, 0.25) is 0 Å². The second kappa shape index (κ2) is 19.6. The van der Waals surface area contributed by atoms with Crippen molar-refractivity contribution in [1.29, 1.82) is 0 Å². The van der Waals surface area contributed by atoms with Crippen LogP contribution in [0.3, 0.4) is 0 Å². The first-order chi connectivity index (χ1) is 13.1. The highest BCUT2D eigenvalue weighted by Gasteiger charge is 1.91. The van der Waals surface area contributed by atoms with Crippen LogP contribution in [0.25, 0.3) is 0 Å². The molecular weight excluding hydrogens is 342 g/mol. The first-order valence-corrected chi connectivity index (χ1v) is 9.36. The molecule has 27 heavy (non-hydrogen) atoms. The Hall–Kier alpha value is -2.69. The van der Waals surface area contributed by atoms with Gasteiger partial charge in [0.25, 0.3) is 0 Å². The van der Waals surface area contributed by atoms with Crippen molar-refractivity contribution in [3.63, 3.8) is 0 Å². The second-order valence-corrected chi connectivity index (χ2v) is 5.78. The first-order valence-electron chi connectivity index (χ1n) is 9.36. The Balaban J connectivity index is 3.54. The molecule has 0 unspecified atom stereocenters. The molecule has 0 saturated heterocycles. The number of nitro groups is 1. The summed E-state index contributed by atoms with van der Waals surface area (Å²) >= 11 is 0. The summed E-state index contributed by atoms with van der Waals surface area (Å²) in [4.78, 5) is 20.2. The van der Waals surface area contributed by atoms with Crippen molar-refractivity contribution in [3.05, 3.63) is 83.0 Å². The van der Waals surface area contributed by atoms with Crippen LogP contribution >= 0.6 is 0 Å². The van der Waals surface area contributed by atoms with Gasteiger partial charge in [0.2, 0.25) is 6.54 Å². The van der Waals surface area contributed by atoms with E-state index in [2.05, 4.69) is 48.6 Å². The molecule has 0 radical (unpaired) electrons. The van der Waals surface area contributed by atoms with Crippen LogP contribution < -0.4 is 0 Å². The molecule has 1 N–H and O–H groups in total. The molecule has 0 fully saturated rings. The number of carbonyl (C=O) groups is 1. The molecule has 0 aromatic carbocycles. The summed E-state index contributed by atoms with van der Waals surface area (Å²) in [5, 5.41) is 18.6. The normalized spacial score (nSPS) is 12.7. The highest BCUT2D eigenvalue weighted by molar-refractivity contribution is 5.66. The monoisotopic (exact) mass is 373 g/mol. The van der Waals surface area contributed by atoms with Crippen molar-refractivity contribution in [2.75, 3.05) is 6.54 Å². The number of carboxylic acid groups (broad SMARTS) is 1. The lowest BCUT2D eigenvalue weighted by Crippen LogP contribution is -1.97. The van der Waals surface area contributed by atoms with Crippen molar-refractivity contribution in [3.8, 4) is 0 Å². The van der Waals surface area contributed by atoms with E-state index in [1.54, 1.807) is 0 Å². The molecule has 0 aliphatic heterocycles. The Bertz CT molecular complexity index is 519. The van der Waals surface area contributed by atoms with Gasteiger partial charge in [-0.1, -0.05) is 72.9 Å². The first kappa shape index (κ1) is 24.3. The summed E-state index contributed by atoms with van der Waals surface area (Å²) in [7, 11) is 0. The third-order valence-corrected chi connectivity index (χ3v) is 3.36. The van der Waals surface area contributed by atoms with E-state index in [4.69, 9.17) is 5.11 Å². The van der Waals surface area contributed by atoms with Crippen molar-refractivity contribution >= 4 is 5.97 Å². The molecule has 148 valence electrons. The van der Waals surface area contributed by atoms with Gasteiger partial charge in [-0.05, 0) is 38.5 Å². The molecule has 0 atom stereocenters. The van der Waals surface area contributed by atoms with E-state index in [-0.39, 0.29) is 17.9 Å². The molecule has 0 aromatic rings. The predicted octanol–water partition coefficient (Wildman–Crippen LogP) is 5.81. The number of nitrogens with zero attached hydrogens (tertiary/aromatic N) is 1. The van der Waals surface area contributed by atoms with Gasteiger partial charge in [0, 0.05) is 17.8 Å². The van der Waals surface area contributed by atoms with Crippen LogP contribution in [0.15, 0.2) is 72.9 Å². The maximum Gasteiger partial charge on any atom is 0.303 e. The standard InChI is InChI=1S/C22H31NO4/c24-22(25)20-18-16-14-12-10-8-6-4-2-1-3-5-7-9-11-13-15-17-19-21-23(26)27/h2-5,8-11,14-17H,1,6-7,12-13,18-21H2,(H,24,25). The molecule has 0 bridgehead atoms. The number of carboxylic acids is 1. The summed E-state index contributed by atoms with van der Waals surface area (Å²) in [6.07, 6.45) is 30.1. The quantitative estimate of drug-likeness (QED) is 0.210. The van der Waals surface area contributed by atoms with Gasteiger partial charge in [-0.3, -0.25) is 14.9 Å². The van der Waals surface area contributed by atoms with Crippen molar-refractivity contribution < 1.29 is 14.8 Å². The maximum atomic E-state index is 10.3. The van der Waals surface area contributed by atoms with Crippen LogP contribution in [0.4, 0.5) is 0 Å². The molecule has 0 spiro atoms. The van der Waals surface area contributed by atoms with Crippen molar-refractivity contribution in [2.45, 2.75) is 51.4 Å². The zero-order valence-electron chi connectivity index (χ0n) is 15.9. The summed E-state index contributed by atoms with van der Waals surface area (Å²) in [5.74, 6) is -0.759. The van der Waals surface area contributed by atoms with Gasteiger partial charge in [0.15, 0.2) is 0 Å². The third kappa shape index (κ3) is 23.3. The van der Waals surface area contributed by atoms with Gasteiger partial charge in [-0.25, -0.2) is 0 Å². The molecule has 0 heterocycles. The van der Waals surface area contributed by atoms with Crippen LogP contribution in [0.1, 0.15) is 51.4 Å². The van der Waals surface area contributed by atoms with Gasteiger partial charge in [-0.15, -0.1) is 0 Å². The SMILES string of the molecule is O=C(O)CCC=CCC=CCC=CCC=CCC=CCC=CCC[N+](=O)[O-]. The van der Waals surface area contributed by atoms with Gasteiger partial charge in [0.05, 0.1) is 0 Å². The summed E-state index contributed by atoms with van der Waals surface area (Å²) < 4.78 is 0. The van der Waals surface area contributed by atoms with Crippen molar-refractivity contribution in [2.24, 2.45) is 0 Å². The van der Waals surface area contributed by atoms with E-state index in [1.807, 2.05) is 24.3 Å². The number of hydrogen-bond acceptors (Lipinski definition) is 3. The molecule has 0 amide bonds. The topological polar surface area (TPSA) is 80.4 Å². The number of hydrogen-bond donors (Lipinski definition) is 1. The van der Waals surface area contributed by atoms with Crippen LogP contribution in [0, 0.1) is 10.1 Å². The molecule has 5 heteroatoms. The highest BCUT2D eigenvalue weighted by atomic mass is 16.6. The third-order valence-electron chi connectivity index (χ3n) is 3.36. The molecule has 5 nitrogen and oxygen atoms in total. The summed E-state index contributed by atoms with van der Waals surface area (Å²) in [6.45, 7) is -0.00208. The highest BCUT2D eigenvalue weighted by Crippen LogP contribution is 1.97. The minimum atomic E-state index is -0.759. The molecule has 0 rings (SSSR count). The van der Waals surface area contributed by atoms with E-state index in [0.717, 1.165) is 32.1 Å². The Morgan fingerprint density at radius 3 is 1.33 bits per heavy atom. The van der Waals surface area contributed by atoms with E-state index in [9.17, 15) is 14.9 Å². The zero-order chi connectivity index (χ0) is 20.0. The fourth-order valence-corrected chi connectivity index (χ4v) is 1.98. The zero-order valence-corrected chi connectivity index (χ0v) is 15.9. The number of allylic oxidation sites excluding steroid dienone is 11. The van der Waals surface area contributed by atoms with Crippen LogP contribution in [0.5, 0.6) is 0 Å². The Kier molecular flexibility index (Phi) is 17.7. The average Bonchev–Trinajstić information content (AvgIpc) is 2.62. The van der Waals surface area contributed by atoms with E-state index in [0.29, 0.717) is 12.8 Å². The molecule has 0 saturated carbocycles. The fourth-order valence-electron chi connectivity index (χ4n) is 1.98. The minimum absolute atomic E-state index is 0.00208. The molecule has 0 aliphatic carbocycles. The minimum Gasteiger partial charge on any atom is -0.481 e. The van der Waals surface area contributed by atoms with Crippen LogP contribution in [-0.2, 0) is 4.79 Å². The summed E-state index contributed by atoms with van der Waals surface area (Å²) in [6, 6.07) is 0. The van der Waals surface area contributed by atoms with Gasteiger partial charge >= 0.3 is 5.97 Å². The average molecular weight is 373 g/mol. The maximum absolute atomic E-state index is 10.3. The van der Waals surface area contributed by atoms with Crippen LogP contribution in [-0.4, -0.2) is 22.5 Å². The Labute approximate surface area is 162 Å². The molecule has 0 aromatic heterocycles. The van der Waals surface area contributed by atoms with E-state index < -0.39 is 5.97 Å². The number of aliphatic carboxylic acids is 1. The Morgan fingerprint density at radius 1 is 0.667 bits per heavy atom. The van der Waals surface area contributed by atoms with E-state index in [1.165, 1.54) is 0 Å². The summed E-state index contributed by atoms with van der Waals surface area (Å²) in [5.41, 5.74) is 0. The second-order valence-electron chi connectivity index (χ2n) is 5.78. The van der Waals surface area contributed by atoms with Gasteiger partial charge in [0.1, 0.15) is 0 Å². The van der Waals surface area contributed by atoms with Gasteiger partial charge < -0.3 is 5.11 Å². The smallest absolute Gasteiger partial charge is 0.303 e. The lowest BCUT2D eigenvalue weighted by molar-refractivity contribution is -0.478. The van der Waals surface area contributed by atoms with Crippen molar-refractivity contribution in [1.82, 2.24) is 0 Å². The number of rotatable bonds is 16. The largest absolute Gasteiger partial charge is 0.481 e.